The Hall–Kier alpha value is -3.93. The first-order valence-electron chi connectivity index (χ1n) is 12.0. The number of carbonyl (C=O) groups excluding carboxylic acids is 2. The molecule has 35 heavy (non-hydrogen) atoms. The highest BCUT2D eigenvalue weighted by Gasteiger charge is 2.46. The quantitative estimate of drug-likeness (QED) is 0.318. The molecule has 1 unspecified atom stereocenters. The fraction of sp³-hybridized carbons (Fsp3) is 0.276. The van der Waals surface area contributed by atoms with Gasteiger partial charge in [0.15, 0.2) is 0 Å². The highest BCUT2D eigenvalue weighted by molar-refractivity contribution is 6.46. The van der Waals surface area contributed by atoms with Crippen molar-refractivity contribution in [1.82, 2.24) is 9.88 Å². The standard InChI is InChI=1S/C29H28N2O4/c1-18(2)20-5-7-21(8-6-20)26-25(27(32)23-9-10-24-22(16-23)4-3-15-35-24)28(33)29(34)31(26)17-19-11-13-30-14-12-19/h5-14,16,18,26,32H,3-4,15,17H2,1-2H3/b27-25-. The predicted octanol–water partition coefficient (Wildman–Crippen LogP) is 5.15. The first-order chi connectivity index (χ1) is 16.9. The van der Waals surface area contributed by atoms with E-state index in [1.54, 1.807) is 18.5 Å². The molecular formula is C29H28N2O4. The summed E-state index contributed by atoms with van der Waals surface area (Å²) in [6.45, 7) is 5.14. The second-order valence-corrected chi connectivity index (χ2v) is 9.38. The molecule has 3 aromatic rings. The van der Waals surface area contributed by atoms with Crippen LogP contribution in [-0.4, -0.2) is 33.3 Å². The molecule has 0 spiro atoms. The summed E-state index contributed by atoms with van der Waals surface area (Å²) in [5.74, 6) is -0.311. The fourth-order valence-corrected chi connectivity index (χ4v) is 4.80. The van der Waals surface area contributed by atoms with Crippen LogP contribution in [0.2, 0.25) is 0 Å². The Balaban J connectivity index is 1.62. The van der Waals surface area contributed by atoms with E-state index in [9.17, 15) is 14.7 Å². The Morgan fingerprint density at radius 3 is 2.54 bits per heavy atom. The number of aryl methyl sites for hydroxylation is 1. The summed E-state index contributed by atoms with van der Waals surface area (Å²) in [7, 11) is 0. The molecule has 1 fully saturated rings. The Morgan fingerprint density at radius 2 is 1.83 bits per heavy atom. The Bertz CT molecular complexity index is 1300. The molecule has 2 aliphatic heterocycles. The van der Waals surface area contributed by atoms with Crippen molar-refractivity contribution >= 4 is 17.4 Å². The number of aromatic nitrogens is 1. The van der Waals surface area contributed by atoms with Gasteiger partial charge in [0.1, 0.15) is 11.5 Å². The van der Waals surface area contributed by atoms with E-state index in [0.717, 1.165) is 40.8 Å². The molecule has 0 bridgehead atoms. The number of aliphatic hydroxyl groups excluding tert-OH is 1. The Kier molecular flexibility index (Phi) is 6.12. The third kappa shape index (κ3) is 4.32. The monoisotopic (exact) mass is 468 g/mol. The number of hydrogen-bond acceptors (Lipinski definition) is 5. The van der Waals surface area contributed by atoms with Crippen molar-refractivity contribution in [3.8, 4) is 5.75 Å². The van der Waals surface area contributed by atoms with Gasteiger partial charge in [-0.15, -0.1) is 0 Å². The van der Waals surface area contributed by atoms with Gasteiger partial charge >= 0.3 is 0 Å². The second kappa shape index (κ2) is 9.37. The second-order valence-electron chi connectivity index (χ2n) is 9.38. The zero-order valence-electron chi connectivity index (χ0n) is 19.9. The van der Waals surface area contributed by atoms with Gasteiger partial charge in [0.25, 0.3) is 11.7 Å². The molecule has 0 aliphatic carbocycles. The van der Waals surface area contributed by atoms with Crippen molar-refractivity contribution in [2.45, 2.75) is 45.2 Å². The molecule has 2 aliphatic rings. The van der Waals surface area contributed by atoms with Crippen molar-refractivity contribution in [2.75, 3.05) is 6.61 Å². The number of hydrogen-bond donors (Lipinski definition) is 1. The van der Waals surface area contributed by atoms with Gasteiger partial charge in [0.05, 0.1) is 18.2 Å². The van der Waals surface area contributed by atoms with Gasteiger partial charge in [0.2, 0.25) is 0 Å². The smallest absolute Gasteiger partial charge is 0.295 e. The van der Waals surface area contributed by atoms with E-state index in [-0.39, 0.29) is 17.9 Å². The summed E-state index contributed by atoms with van der Waals surface area (Å²) >= 11 is 0. The van der Waals surface area contributed by atoms with E-state index in [4.69, 9.17) is 4.74 Å². The number of ether oxygens (including phenoxy) is 1. The highest BCUT2D eigenvalue weighted by atomic mass is 16.5. The van der Waals surface area contributed by atoms with Crippen LogP contribution < -0.4 is 4.74 Å². The van der Waals surface area contributed by atoms with E-state index in [1.807, 2.05) is 48.5 Å². The lowest BCUT2D eigenvalue weighted by Gasteiger charge is -2.26. The van der Waals surface area contributed by atoms with Gasteiger partial charge in [-0.25, -0.2) is 0 Å². The minimum absolute atomic E-state index is 0.109. The van der Waals surface area contributed by atoms with Crippen molar-refractivity contribution < 1.29 is 19.4 Å². The number of nitrogens with zero attached hydrogens (tertiary/aromatic N) is 2. The molecule has 1 N–H and O–H groups in total. The maximum absolute atomic E-state index is 13.3. The van der Waals surface area contributed by atoms with Crippen molar-refractivity contribution in [3.63, 3.8) is 0 Å². The van der Waals surface area contributed by atoms with Gasteiger partial charge in [-0.2, -0.15) is 0 Å². The number of aliphatic hydroxyl groups is 1. The summed E-state index contributed by atoms with van der Waals surface area (Å²) < 4.78 is 5.69. The van der Waals surface area contributed by atoms with Gasteiger partial charge in [0, 0.05) is 24.5 Å². The lowest BCUT2D eigenvalue weighted by atomic mass is 9.92. The fourth-order valence-electron chi connectivity index (χ4n) is 4.80. The van der Waals surface area contributed by atoms with Crippen LogP contribution in [-0.2, 0) is 22.6 Å². The van der Waals surface area contributed by atoms with Gasteiger partial charge in [-0.3, -0.25) is 14.6 Å². The van der Waals surface area contributed by atoms with Crippen LogP contribution in [0.25, 0.3) is 5.76 Å². The van der Waals surface area contributed by atoms with Crippen LogP contribution in [0, 0.1) is 0 Å². The summed E-state index contributed by atoms with van der Waals surface area (Å²) in [5, 5.41) is 11.4. The number of carbonyl (C=O) groups is 2. The van der Waals surface area contributed by atoms with Crippen LogP contribution in [0.5, 0.6) is 5.75 Å². The highest BCUT2D eigenvalue weighted by Crippen LogP contribution is 2.41. The molecule has 6 nitrogen and oxygen atoms in total. The number of pyridine rings is 1. The number of Topliss-reactive ketones (excluding diaryl/α,β-unsaturated/α-hetero) is 1. The number of benzene rings is 2. The van der Waals surface area contributed by atoms with Crippen LogP contribution in [0.4, 0.5) is 0 Å². The molecule has 2 aromatic carbocycles. The lowest BCUT2D eigenvalue weighted by molar-refractivity contribution is -0.140. The number of ketones is 1. The molecule has 1 amide bonds. The number of likely N-dealkylation sites (tertiary alicyclic amines) is 1. The first-order valence-corrected chi connectivity index (χ1v) is 12.0. The van der Waals surface area contributed by atoms with Crippen LogP contribution in [0.15, 0.2) is 72.6 Å². The minimum Gasteiger partial charge on any atom is -0.507 e. The van der Waals surface area contributed by atoms with Crippen LogP contribution >= 0.6 is 0 Å². The Labute approximate surface area is 204 Å². The van der Waals surface area contributed by atoms with Gasteiger partial charge in [-0.05, 0) is 71.3 Å². The summed E-state index contributed by atoms with van der Waals surface area (Å²) in [6, 6.07) is 16.3. The molecule has 0 radical (unpaired) electrons. The zero-order valence-corrected chi connectivity index (χ0v) is 19.9. The first kappa shape index (κ1) is 22.8. The van der Waals surface area contributed by atoms with E-state index >= 15 is 0 Å². The topological polar surface area (TPSA) is 79.7 Å². The molecule has 178 valence electrons. The molecule has 1 aromatic heterocycles. The lowest BCUT2D eigenvalue weighted by Crippen LogP contribution is -2.29. The maximum atomic E-state index is 13.3. The van der Waals surface area contributed by atoms with Crippen molar-refractivity contribution in [1.29, 1.82) is 0 Å². The molecule has 5 rings (SSSR count). The average Bonchev–Trinajstić information content (AvgIpc) is 3.13. The van der Waals surface area contributed by atoms with E-state index in [2.05, 4.69) is 18.8 Å². The molecule has 6 heteroatoms. The normalized spacial score (nSPS) is 19.1. The minimum atomic E-state index is -0.698. The largest absolute Gasteiger partial charge is 0.507 e. The Morgan fingerprint density at radius 1 is 1.09 bits per heavy atom. The number of fused-ring (bicyclic) bond motifs is 1. The molecule has 1 atom stereocenters. The van der Waals surface area contributed by atoms with Crippen LogP contribution in [0.3, 0.4) is 0 Å². The summed E-state index contributed by atoms with van der Waals surface area (Å²) in [5.41, 5.74) is 4.42. The van der Waals surface area contributed by atoms with Crippen molar-refractivity contribution in [2.24, 2.45) is 0 Å². The summed E-state index contributed by atoms with van der Waals surface area (Å²) in [6.07, 6.45) is 5.06. The van der Waals surface area contributed by atoms with E-state index in [0.29, 0.717) is 18.1 Å². The maximum Gasteiger partial charge on any atom is 0.295 e. The number of rotatable bonds is 5. The summed E-state index contributed by atoms with van der Waals surface area (Å²) in [4.78, 5) is 32.1. The SMILES string of the molecule is CC(C)c1ccc(C2/C(=C(/O)c3ccc4c(c3)CCCO4)C(=O)C(=O)N2Cc2ccncc2)cc1. The number of amides is 1. The van der Waals surface area contributed by atoms with E-state index in [1.165, 1.54) is 4.90 Å². The molecule has 3 heterocycles. The van der Waals surface area contributed by atoms with Gasteiger partial charge in [-0.1, -0.05) is 38.1 Å². The van der Waals surface area contributed by atoms with Crippen LogP contribution in [0.1, 0.15) is 60.0 Å². The molecule has 0 saturated carbocycles. The average molecular weight is 469 g/mol. The zero-order chi connectivity index (χ0) is 24.5. The third-order valence-corrected chi connectivity index (χ3v) is 6.74. The van der Waals surface area contributed by atoms with Gasteiger partial charge < -0.3 is 14.7 Å². The molecular weight excluding hydrogens is 440 g/mol. The molecule has 1 saturated heterocycles. The van der Waals surface area contributed by atoms with E-state index < -0.39 is 17.7 Å². The predicted molar refractivity (Wildman–Crippen MR) is 133 cm³/mol. The van der Waals surface area contributed by atoms with Crippen molar-refractivity contribution in [3.05, 3.63) is 100 Å². The third-order valence-electron chi connectivity index (χ3n) is 6.74.